The molecule has 8 atom stereocenters. The third kappa shape index (κ3) is 8.91. The maximum absolute atomic E-state index is 10.9. The molecular formula is C28H55NO6. The Labute approximate surface area is 214 Å². The second-order valence-electron chi connectivity index (χ2n) is 11.8. The summed E-state index contributed by atoms with van der Waals surface area (Å²) in [5.41, 5.74) is 6.11. The number of aliphatic hydroxyl groups excluding tert-OH is 3. The molecule has 0 spiro atoms. The molecule has 0 bridgehead atoms. The van der Waals surface area contributed by atoms with E-state index in [0.29, 0.717) is 37.9 Å². The second-order valence-corrected chi connectivity index (χ2v) is 11.8. The minimum absolute atomic E-state index is 0.154. The molecule has 0 aromatic rings. The van der Waals surface area contributed by atoms with E-state index < -0.39 is 30.2 Å². The highest BCUT2D eigenvalue weighted by Gasteiger charge is 2.60. The summed E-state index contributed by atoms with van der Waals surface area (Å²) in [6, 6.07) is 0.183. The summed E-state index contributed by atoms with van der Waals surface area (Å²) in [6.45, 7) is 12.1. The summed E-state index contributed by atoms with van der Waals surface area (Å²) in [4.78, 5) is 0. The Bertz CT molecular complexity index is 586. The van der Waals surface area contributed by atoms with Gasteiger partial charge in [0.2, 0.25) is 0 Å². The van der Waals surface area contributed by atoms with Crippen LogP contribution in [0.3, 0.4) is 0 Å². The molecule has 1 aliphatic heterocycles. The van der Waals surface area contributed by atoms with E-state index >= 15 is 0 Å². The highest BCUT2D eigenvalue weighted by atomic mass is 16.7. The van der Waals surface area contributed by atoms with Gasteiger partial charge in [-0.1, -0.05) is 59.3 Å². The molecule has 2 aliphatic rings. The van der Waals surface area contributed by atoms with Crippen LogP contribution in [0.5, 0.6) is 0 Å². The van der Waals surface area contributed by atoms with Crippen molar-refractivity contribution in [2.75, 3.05) is 19.8 Å². The lowest BCUT2D eigenvalue weighted by molar-refractivity contribution is -0.271. The van der Waals surface area contributed by atoms with E-state index in [1.807, 2.05) is 6.92 Å². The zero-order valence-corrected chi connectivity index (χ0v) is 23.1. The van der Waals surface area contributed by atoms with Crippen molar-refractivity contribution in [3.63, 3.8) is 0 Å². The molecule has 7 nitrogen and oxygen atoms in total. The highest BCUT2D eigenvalue weighted by molar-refractivity contribution is 5.06. The quantitative estimate of drug-likeness (QED) is 0.197. The van der Waals surface area contributed by atoms with Crippen molar-refractivity contribution in [1.82, 2.24) is 0 Å². The molecule has 2 rings (SSSR count). The van der Waals surface area contributed by atoms with Gasteiger partial charge in [0.1, 0.15) is 18.3 Å². The van der Waals surface area contributed by atoms with Crippen molar-refractivity contribution in [1.29, 1.82) is 0 Å². The van der Waals surface area contributed by atoms with Gasteiger partial charge in [-0.15, -0.1) is 0 Å². The van der Waals surface area contributed by atoms with E-state index in [1.165, 1.54) is 38.5 Å². The monoisotopic (exact) mass is 501 g/mol. The zero-order valence-electron chi connectivity index (χ0n) is 23.1. The smallest absolute Gasteiger partial charge is 0.197 e. The highest BCUT2D eigenvalue weighted by Crippen LogP contribution is 2.61. The number of rotatable bonds is 19. The van der Waals surface area contributed by atoms with Crippen molar-refractivity contribution in [3.8, 4) is 0 Å². The van der Waals surface area contributed by atoms with Gasteiger partial charge in [-0.25, -0.2) is 0 Å². The SMILES string of the molecule is CCCCCCCCCOCCC[C@]1(OCC2C(CCC(C)N)C2(C)C)O[C@H]([C@@H](C)O)[C@H](O)[C@@H]1O. The van der Waals surface area contributed by atoms with E-state index in [4.69, 9.17) is 19.9 Å². The van der Waals surface area contributed by atoms with Crippen LogP contribution in [0.1, 0.15) is 105 Å². The molecule has 1 saturated carbocycles. The van der Waals surface area contributed by atoms with Crippen LogP contribution in [0, 0.1) is 17.3 Å². The van der Waals surface area contributed by atoms with Gasteiger partial charge in [0, 0.05) is 25.7 Å². The molecular weight excluding hydrogens is 446 g/mol. The first-order valence-electron chi connectivity index (χ1n) is 14.3. The molecule has 3 unspecified atom stereocenters. The minimum Gasteiger partial charge on any atom is -0.391 e. The van der Waals surface area contributed by atoms with E-state index in [0.717, 1.165) is 25.9 Å². The third-order valence-electron chi connectivity index (χ3n) is 8.36. The lowest BCUT2D eigenvalue weighted by Gasteiger charge is -2.33. The number of hydrogen-bond acceptors (Lipinski definition) is 7. The van der Waals surface area contributed by atoms with Crippen LogP contribution in [-0.4, -0.2) is 71.4 Å². The fourth-order valence-corrected chi connectivity index (χ4v) is 5.71. The van der Waals surface area contributed by atoms with Gasteiger partial charge in [-0.3, -0.25) is 0 Å². The minimum atomic E-state index is -1.33. The van der Waals surface area contributed by atoms with Crippen LogP contribution in [-0.2, 0) is 14.2 Å². The Hall–Kier alpha value is -0.280. The Kier molecular flexibility index (Phi) is 12.9. The largest absolute Gasteiger partial charge is 0.391 e. The van der Waals surface area contributed by atoms with Crippen molar-refractivity contribution in [3.05, 3.63) is 0 Å². The summed E-state index contributed by atoms with van der Waals surface area (Å²) in [6.07, 6.45) is 7.66. The Morgan fingerprint density at radius 3 is 2.17 bits per heavy atom. The van der Waals surface area contributed by atoms with Crippen LogP contribution in [0.2, 0.25) is 0 Å². The first-order chi connectivity index (χ1) is 16.6. The van der Waals surface area contributed by atoms with Gasteiger partial charge in [0.05, 0.1) is 12.7 Å². The van der Waals surface area contributed by atoms with Gasteiger partial charge in [0.25, 0.3) is 0 Å². The van der Waals surface area contributed by atoms with Crippen LogP contribution < -0.4 is 5.73 Å². The van der Waals surface area contributed by atoms with Crippen molar-refractivity contribution in [2.45, 2.75) is 141 Å². The molecule has 1 heterocycles. The summed E-state index contributed by atoms with van der Waals surface area (Å²) < 4.78 is 18.2. The Balaban J connectivity index is 1.82. The van der Waals surface area contributed by atoms with Crippen LogP contribution in [0.25, 0.3) is 0 Å². The van der Waals surface area contributed by atoms with Gasteiger partial charge >= 0.3 is 0 Å². The maximum Gasteiger partial charge on any atom is 0.197 e. The molecule has 5 N–H and O–H groups in total. The maximum atomic E-state index is 10.9. The van der Waals surface area contributed by atoms with Crippen LogP contribution in [0.4, 0.5) is 0 Å². The molecule has 0 amide bonds. The van der Waals surface area contributed by atoms with Gasteiger partial charge in [0.15, 0.2) is 5.79 Å². The number of unbranched alkanes of at least 4 members (excludes halogenated alkanes) is 6. The summed E-state index contributed by atoms with van der Waals surface area (Å²) in [5.74, 6) is -0.453. The second kappa shape index (κ2) is 14.6. The molecule has 0 radical (unpaired) electrons. The van der Waals surface area contributed by atoms with Crippen molar-refractivity contribution >= 4 is 0 Å². The number of nitrogens with two attached hydrogens (primary N) is 1. The molecule has 2 fully saturated rings. The lowest BCUT2D eigenvalue weighted by atomic mass is 9.99. The molecule has 0 aromatic heterocycles. The van der Waals surface area contributed by atoms with Crippen LogP contribution in [0.15, 0.2) is 0 Å². The van der Waals surface area contributed by atoms with Gasteiger partial charge < -0.3 is 35.3 Å². The molecule has 1 aliphatic carbocycles. The first kappa shape index (κ1) is 30.9. The normalized spacial score (nSPS) is 33.7. The van der Waals surface area contributed by atoms with Gasteiger partial charge in [-0.2, -0.15) is 0 Å². The number of hydrogen-bond donors (Lipinski definition) is 4. The number of ether oxygens (including phenoxy) is 3. The van der Waals surface area contributed by atoms with E-state index in [9.17, 15) is 15.3 Å². The molecule has 35 heavy (non-hydrogen) atoms. The predicted octanol–water partition coefficient (Wildman–Crippen LogP) is 4.15. The van der Waals surface area contributed by atoms with E-state index in [2.05, 4.69) is 20.8 Å². The van der Waals surface area contributed by atoms with E-state index in [1.54, 1.807) is 6.92 Å². The Morgan fingerprint density at radius 1 is 0.943 bits per heavy atom. The average Bonchev–Trinajstić information content (AvgIpc) is 3.23. The topological polar surface area (TPSA) is 114 Å². The Morgan fingerprint density at radius 2 is 1.57 bits per heavy atom. The summed E-state index contributed by atoms with van der Waals surface area (Å²) in [7, 11) is 0. The average molecular weight is 502 g/mol. The third-order valence-corrected chi connectivity index (χ3v) is 8.36. The fourth-order valence-electron chi connectivity index (χ4n) is 5.71. The van der Waals surface area contributed by atoms with Crippen molar-refractivity contribution < 1.29 is 29.5 Å². The summed E-state index contributed by atoms with van der Waals surface area (Å²) >= 11 is 0. The fraction of sp³-hybridized carbons (Fsp3) is 1.00. The molecule has 7 heteroatoms. The zero-order chi connectivity index (χ0) is 26.1. The van der Waals surface area contributed by atoms with Crippen molar-refractivity contribution in [2.24, 2.45) is 23.0 Å². The van der Waals surface area contributed by atoms with E-state index in [-0.39, 0.29) is 11.5 Å². The molecule has 0 aromatic carbocycles. The first-order valence-corrected chi connectivity index (χ1v) is 14.3. The summed E-state index contributed by atoms with van der Waals surface area (Å²) in [5, 5.41) is 31.6. The number of aliphatic hydroxyl groups is 3. The molecule has 1 saturated heterocycles. The molecule has 208 valence electrons. The van der Waals surface area contributed by atoms with Crippen LogP contribution >= 0.6 is 0 Å². The lowest BCUT2D eigenvalue weighted by Crippen LogP contribution is -2.46. The standard InChI is InChI=1S/C28H55NO6/c1-6-7-8-9-10-11-12-17-33-18-13-16-28(26(32)24(31)25(35-28)21(3)30)34-19-23-22(27(23,4)5)15-14-20(2)29/h20-26,30-32H,6-19,29H2,1-5H3/t20?,21-,22?,23?,24+,25-,26+,28+/m1/s1. The van der Waals surface area contributed by atoms with Gasteiger partial charge in [-0.05, 0) is 56.8 Å². The predicted molar refractivity (Wildman–Crippen MR) is 139 cm³/mol.